The molecule has 0 aromatic heterocycles. The summed E-state index contributed by atoms with van der Waals surface area (Å²) in [5.41, 5.74) is 0. The summed E-state index contributed by atoms with van der Waals surface area (Å²) in [6, 6.07) is 0. The Bertz CT molecular complexity index is 212. The van der Waals surface area contributed by atoms with Crippen molar-refractivity contribution in [2.75, 3.05) is 19.6 Å². The number of carboxylic acids is 3. The Balaban J connectivity index is -0.0000000343. The van der Waals surface area contributed by atoms with Crippen molar-refractivity contribution in [2.24, 2.45) is 0 Å². The van der Waals surface area contributed by atoms with Crippen molar-refractivity contribution in [3.63, 3.8) is 0 Å². The number of nitrogens with zero attached hydrogens (tertiary/aromatic N) is 1. The molecular formula is C6H14NNa3O7. The largest absolute Gasteiger partial charge is 1.00 e. The fourth-order valence-corrected chi connectivity index (χ4v) is 0.742. The van der Waals surface area contributed by atoms with Crippen LogP contribution in [0.25, 0.3) is 0 Å². The summed E-state index contributed by atoms with van der Waals surface area (Å²) >= 11 is 0. The second-order valence-corrected chi connectivity index (χ2v) is 2.33. The summed E-state index contributed by atoms with van der Waals surface area (Å²) in [5, 5.41) is 24.8. The fraction of sp³-hybridized carbons (Fsp3) is 0.500. The minimum absolute atomic E-state index is 0. The molecule has 0 fully saturated rings. The second kappa shape index (κ2) is 17.3. The molecule has 0 heterocycles. The Kier molecular flexibility index (Phi) is 31.6. The average molecular weight is 281 g/mol. The number of aliphatic carboxylic acids is 3. The molecule has 17 heavy (non-hydrogen) atoms. The third-order valence-electron chi connectivity index (χ3n) is 1.08. The van der Waals surface area contributed by atoms with Gasteiger partial charge in [-0.25, -0.2) is 0 Å². The van der Waals surface area contributed by atoms with Crippen molar-refractivity contribution in [2.45, 2.75) is 0 Å². The van der Waals surface area contributed by atoms with Crippen molar-refractivity contribution < 1.29 is 128 Å². The molecular weight excluding hydrogens is 267 g/mol. The van der Waals surface area contributed by atoms with Crippen molar-refractivity contribution >= 4 is 17.9 Å². The van der Waals surface area contributed by atoms with Gasteiger partial charge < -0.3 is 25.1 Å². The van der Waals surface area contributed by atoms with Crippen molar-refractivity contribution in [1.29, 1.82) is 0 Å². The number of carbonyl (C=O) groups is 3. The van der Waals surface area contributed by atoms with E-state index < -0.39 is 37.5 Å². The molecule has 0 saturated carbocycles. The number of hydrogen-bond acceptors (Lipinski definition) is 4. The molecule has 0 aromatic rings. The summed E-state index contributed by atoms with van der Waals surface area (Å²) in [6.07, 6.45) is 0. The van der Waals surface area contributed by atoms with Crippen LogP contribution in [0, 0.1) is 0 Å². The molecule has 0 spiro atoms. The van der Waals surface area contributed by atoms with Crippen LogP contribution in [0.15, 0.2) is 0 Å². The molecule has 0 radical (unpaired) electrons. The predicted molar refractivity (Wildman–Crippen MR) is 46.3 cm³/mol. The van der Waals surface area contributed by atoms with E-state index in [9.17, 15) is 14.4 Å². The molecule has 0 aromatic carbocycles. The molecule has 88 valence electrons. The van der Waals surface area contributed by atoms with Gasteiger partial charge in [-0.15, -0.1) is 0 Å². The zero-order valence-corrected chi connectivity index (χ0v) is 16.1. The fourth-order valence-electron chi connectivity index (χ4n) is 0.742. The molecule has 0 aliphatic carbocycles. The zero-order chi connectivity index (χ0) is 10.4. The Morgan fingerprint density at radius 1 is 0.765 bits per heavy atom. The van der Waals surface area contributed by atoms with E-state index in [0.717, 1.165) is 4.90 Å². The summed E-state index contributed by atoms with van der Waals surface area (Å²) < 4.78 is 0. The van der Waals surface area contributed by atoms with E-state index in [2.05, 4.69) is 0 Å². The average Bonchev–Trinajstić information content (AvgIpc) is 1.80. The molecule has 0 unspecified atom stereocenters. The van der Waals surface area contributed by atoms with E-state index in [1.54, 1.807) is 0 Å². The Labute approximate surface area is 168 Å². The van der Waals surface area contributed by atoms with Crippen molar-refractivity contribution in [3.05, 3.63) is 0 Å². The van der Waals surface area contributed by atoms with E-state index in [1.807, 2.05) is 0 Å². The van der Waals surface area contributed by atoms with Gasteiger partial charge in [0, 0.05) is 0 Å². The van der Waals surface area contributed by atoms with Crippen molar-refractivity contribution in [3.8, 4) is 0 Å². The van der Waals surface area contributed by atoms with E-state index in [4.69, 9.17) is 15.3 Å². The molecule has 0 bridgehead atoms. The Morgan fingerprint density at radius 3 is 1.06 bits per heavy atom. The first-order chi connectivity index (χ1) is 5.91. The van der Waals surface area contributed by atoms with Crippen LogP contribution in [-0.2, 0) is 14.4 Å². The van der Waals surface area contributed by atoms with Gasteiger partial charge in [0.05, 0.1) is 19.6 Å². The number of hydrogen-bond donors (Lipinski definition) is 3. The third-order valence-corrected chi connectivity index (χ3v) is 1.08. The summed E-state index contributed by atoms with van der Waals surface area (Å²) in [4.78, 5) is 31.2. The summed E-state index contributed by atoms with van der Waals surface area (Å²) in [7, 11) is 0. The first kappa shape index (κ1) is 31.0. The molecule has 11 heteroatoms. The molecule has 0 amide bonds. The quantitative estimate of drug-likeness (QED) is 0.409. The van der Waals surface area contributed by atoms with Crippen molar-refractivity contribution in [1.82, 2.24) is 4.90 Å². The summed E-state index contributed by atoms with van der Waals surface area (Å²) in [5.74, 6) is -3.78. The van der Waals surface area contributed by atoms with E-state index >= 15 is 0 Å². The van der Waals surface area contributed by atoms with Gasteiger partial charge in [-0.3, -0.25) is 19.3 Å². The van der Waals surface area contributed by atoms with Gasteiger partial charge in [0.2, 0.25) is 0 Å². The molecule has 0 aliphatic heterocycles. The standard InChI is InChI=1S/C6H9NO6.3Na.H2O.3H/c8-4(9)1-7(2-5(10)11)3-6(12)13;;;;;;;/h1-3H2,(H,8,9)(H,10,11)(H,12,13);;;;1H2;;;/q;3*+1;;3*-1. The molecule has 5 N–H and O–H groups in total. The van der Waals surface area contributed by atoms with E-state index in [1.165, 1.54) is 0 Å². The molecule has 0 atom stereocenters. The third kappa shape index (κ3) is 22.9. The summed E-state index contributed by atoms with van der Waals surface area (Å²) in [6.45, 7) is -1.80. The molecule has 8 nitrogen and oxygen atoms in total. The van der Waals surface area contributed by atoms with Crippen LogP contribution in [0.5, 0.6) is 0 Å². The van der Waals surface area contributed by atoms with Crippen LogP contribution >= 0.6 is 0 Å². The molecule has 0 saturated heterocycles. The topological polar surface area (TPSA) is 147 Å². The van der Waals surface area contributed by atoms with Crippen LogP contribution in [0.3, 0.4) is 0 Å². The van der Waals surface area contributed by atoms with Gasteiger partial charge >= 0.3 is 107 Å². The van der Waals surface area contributed by atoms with Gasteiger partial charge in [0.1, 0.15) is 0 Å². The normalized spacial score (nSPS) is 7.59. The first-order valence-electron chi connectivity index (χ1n) is 3.29. The maximum absolute atomic E-state index is 10.1. The van der Waals surface area contributed by atoms with Gasteiger partial charge in [-0.05, 0) is 0 Å². The predicted octanol–water partition coefficient (Wildman–Crippen LogP) is -10.9. The SMILES string of the molecule is O.O=C(O)CN(CC(=O)O)CC(=O)O.[H-].[H-].[H-].[Na+].[Na+].[Na+]. The van der Waals surface area contributed by atoms with Crippen LogP contribution < -0.4 is 88.7 Å². The minimum atomic E-state index is -1.26. The van der Waals surface area contributed by atoms with E-state index in [0.29, 0.717) is 0 Å². The van der Waals surface area contributed by atoms with Crippen LogP contribution in [0.4, 0.5) is 0 Å². The molecule has 0 aliphatic rings. The van der Waals surface area contributed by atoms with E-state index in [-0.39, 0.29) is 98.4 Å². The molecule has 0 rings (SSSR count). The number of carboxylic acid groups (broad SMARTS) is 3. The maximum atomic E-state index is 10.1. The Morgan fingerprint density at radius 2 is 0.941 bits per heavy atom. The van der Waals surface area contributed by atoms with Gasteiger partial charge in [-0.1, -0.05) is 0 Å². The van der Waals surface area contributed by atoms with Crippen LogP contribution in [-0.4, -0.2) is 63.2 Å². The van der Waals surface area contributed by atoms with Gasteiger partial charge in [-0.2, -0.15) is 0 Å². The van der Waals surface area contributed by atoms with Gasteiger partial charge in [0.25, 0.3) is 0 Å². The van der Waals surface area contributed by atoms with Crippen LogP contribution in [0.1, 0.15) is 4.28 Å². The van der Waals surface area contributed by atoms with Crippen LogP contribution in [0.2, 0.25) is 0 Å². The zero-order valence-electron chi connectivity index (χ0n) is 13.1. The number of rotatable bonds is 6. The Hall–Kier alpha value is 1.33. The monoisotopic (exact) mass is 281 g/mol. The van der Waals surface area contributed by atoms with Gasteiger partial charge in [0.15, 0.2) is 0 Å². The second-order valence-electron chi connectivity index (χ2n) is 2.33. The smallest absolute Gasteiger partial charge is 1.00 e. The first-order valence-corrected chi connectivity index (χ1v) is 3.29. The minimum Gasteiger partial charge on any atom is -1.00 e. The maximum Gasteiger partial charge on any atom is 1.00 e.